The molecule has 2 aromatic carbocycles. The SMILES string of the molecule is Cc1ccc(-c2c(-c3ccc(C)cc3Cl)ssc2=S)cc1. The fourth-order valence-electron chi connectivity index (χ4n) is 2.21. The number of benzene rings is 2. The number of aryl methyl sites for hydroxylation is 2. The van der Waals surface area contributed by atoms with Gasteiger partial charge in [0.25, 0.3) is 0 Å². The average molecular weight is 349 g/mol. The molecule has 0 saturated heterocycles. The van der Waals surface area contributed by atoms with Crippen LogP contribution in [0.3, 0.4) is 0 Å². The number of hydrogen-bond acceptors (Lipinski definition) is 3. The summed E-state index contributed by atoms with van der Waals surface area (Å²) in [5.74, 6) is 0. The third-order valence-electron chi connectivity index (χ3n) is 3.34. The Balaban J connectivity index is 2.21. The lowest BCUT2D eigenvalue weighted by Crippen LogP contribution is -1.83. The molecule has 0 atom stereocenters. The Labute approximate surface area is 142 Å². The van der Waals surface area contributed by atoms with Gasteiger partial charge in [-0.05, 0) is 31.0 Å². The third kappa shape index (κ3) is 2.97. The van der Waals surface area contributed by atoms with Gasteiger partial charge in [-0.1, -0.05) is 86.5 Å². The van der Waals surface area contributed by atoms with Gasteiger partial charge < -0.3 is 0 Å². The predicted molar refractivity (Wildman–Crippen MR) is 98.4 cm³/mol. The fourth-order valence-corrected chi connectivity index (χ4v) is 5.53. The summed E-state index contributed by atoms with van der Waals surface area (Å²) in [5.41, 5.74) is 5.77. The van der Waals surface area contributed by atoms with Crippen LogP contribution < -0.4 is 0 Å². The molecule has 0 radical (unpaired) electrons. The molecule has 1 heterocycles. The second-order valence-electron chi connectivity index (χ2n) is 5.01. The predicted octanol–water partition coefficient (Wildman–Crippen LogP) is 7.14. The topological polar surface area (TPSA) is 0 Å². The first-order valence-corrected chi connectivity index (χ1v) is 9.46. The maximum Gasteiger partial charge on any atom is 0.110 e. The van der Waals surface area contributed by atoms with Crippen molar-refractivity contribution in [3.8, 4) is 21.6 Å². The molecule has 0 aliphatic rings. The van der Waals surface area contributed by atoms with Crippen LogP contribution >= 0.6 is 44.5 Å². The zero-order chi connectivity index (χ0) is 15.0. The molecule has 3 rings (SSSR count). The molecular weight excluding hydrogens is 336 g/mol. The van der Waals surface area contributed by atoms with Gasteiger partial charge in [-0.15, -0.1) is 0 Å². The molecule has 1 aromatic heterocycles. The summed E-state index contributed by atoms with van der Waals surface area (Å²) in [6, 6.07) is 14.7. The summed E-state index contributed by atoms with van der Waals surface area (Å²) < 4.78 is 0.926. The Kier molecular flexibility index (Phi) is 4.27. The fraction of sp³-hybridized carbons (Fsp3) is 0.118. The highest BCUT2D eigenvalue weighted by Gasteiger charge is 2.15. The van der Waals surface area contributed by atoms with E-state index < -0.39 is 0 Å². The summed E-state index contributed by atoms with van der Waals surface area (Å²) in [7, 11) is 3.34. The molecule has 0 spiro atoms. The van der Waals surface area contributed by atoms with Gasteiger partial charge >= 0.3 is 0 Å². The Morgan fingerprint density at radius 2 is 1.57 bits per heavy atom. The van der Waals surface area contributed by atoms with Gasteiger partial charge in [0.1, 0.15) is 3.82 Å². The van der Waals surface area contributed by atoms with E-state index in [2.05, 4.69) is 43.3 Å². The number of rotatable bonds is 2. The Bertz CT molecular complexity index is 841. The first kappa shape index (κ1) is 14.9. The Hall–Kier alpha value is -1.000. The molecule has 0 nitrogen and oxygen atoms in total. The molecule has 0 N–H and O–H groups in total. The molecule has 3 aromatic rings. The highest BCUT2D eigenvalue weighted by Crippen LogP contribution is 2.43. The Morgan fingerprint density at radius 3 is 2.24 bits per heavy atom. The van der Waals surface area contributed by atoms with Crippen molar-refractivity contribution < 1.29 is 0 Å². The van der Waals surface area contributed by atoms with Gasteiger partial charge in [-0.3, -0.25) is 0 Å². The summed E-state index contributed by atoms with van der Waals surface area (Å²) >= 11 is 12.0. The van der Waals surface area contributed by atoms with E-state index >= 15 is 0 Å². The van der Waals surface area contributed by atoms with E-state index in [1.807, 2.05) is 13.0 Å². The summed E-state index contributed by atoms with van der Waals surface area (Å²) in [6.07, 6.45) is 0. The zero-order valence-electron chi connectivity index (χ0n) is 11.6. The smallest absolute Gasteiger partial charge is 0.0836 e. The molecule has 0 amide bonds. The molecule has 106 valence electrons. The molecule has 0 fully saturated rings. The largest absolute Gasteiger partial charge is 0.110 e. The van der Waals surface area contributed by atoms with E-state index in [0.717, 1.165) is 25.5 Å². The van der Waals surface area contributed by atoms with E-state index in [4.69, 9.17) is 23.8 Å². The van der Waals surface area contributed by atoms with Crippen LogP contribution in [0.1, 0.15) is 11.1 Å². The summed E-state index contributed by atoms with van der Waals surface area (Å²) in [4.78, 5) is 1.17. The van der Waals surface area contributed by atoms with E-state index in [1.54, 1.807) is 20.7 Å². The van der Waals surface area contributed by atoms with Crippen LogP contribution in [0.4, 0.5) is 0 Å². The van der Waals surface area contributed by atoms with E-state index in [9.17, 15) is 0 Å². The monoisotopic (exact) mass is 348 g/mol. The van der Waals surface area contributed by atoms with Crippen LogP contribution in [-0.4, -0.2) is 0 Å². The second kappa shape index (κ2) is 6.01. The summed E-state index contributed by atoms with van der Waals surface area (Å²) in [6.45, 7) is 4.14. The molecule has 0 aliphatic heterocycles. The standard InChI is InChI=1S/C17H13ClS3/c1-10-3-6-12(7-4-10)15-16(20-21-17(15)19)13-8-5-11(2)9-14(13)18/h3-9H,1-2H3. The molecular formula is C17H13ClS3. The van der Waals surface area contributed by atoms with Crippen molar-refractivity contribution in [1.29, 1.82) is 0 Å². The molecule has 0 aliphatic carbocycles. The first-order valence-electron chi connectivity index (χ1n) is 6.53. The quantitative estimate of drug-likeness (QED) is 0.350. The van der Waals surface area contributed by atoms with Gasteiger partial charge in [0.2, 0.25) is 0 Å². The second-order valence-corrected chi connectivity index (χ2v) is 8.23. The van der Waals surface area contributed by atoms with Gasteiger partial charge in [0.05, 0.1) is 4.88 Å². The first-order chi connectivity index (χ1) is 10.1. The molecule has 0 saturated carbocycles. The molecule has 0 unspecified atom stereocenters. The van der Waals surface area contributed by atoms with Crippen LogP contribution in [0.15, 0.2) is 42.5 Å². The lowest BCUT2D eigenvalue weighted by molar-refractivity contribution is 1.47. The van der Waals surface area contributed by atoms with Crippen LogP contribution in [0, 0.1) is 17.7 Å². The van der Waals surface area contributed by atoms with E-state index in [1.165, 1.54) is 16.0 Å². The van der Waals surface area contributed by atoms with Crippen molar-refractivity contribution >= 4 is 44.5 Å². The van der Waals surface area contributed by atoms with Gasteiger partial charge in [-0.25, -0.2) is 0 Å². The van der Waals surface area contributed by atoms with Crippen LogP contribution in [-0.2, 0) is 0 Å². The number of hydrogen-bond donors (Lipinski definition) is 0. The van der Waals surface area contributed by atoms with Crippen molar-refractivity contribution in [3.05, 3.63) is 62.4 Å². The highest BCUT2D eigenvalue weighted by molar-refractivity contribution is 7.80. The lowest BCUT2D eigenvalue weighted by atomic mass is 10.0. The van der Waals surface area contributed by atoms with Crippen molar-refractivity contribution in [3.63, 3.8) is 0 Å². The van der Waals surface area contributed by atoms with Crippen molar-refractivity contribution in [1.82, 2.24) is 0 Å². The normalized spacial score (nSPS) is 10.8. The third-order valence-corrected chi connectivity index (χ3v) is 6.70. The minimum absolute atomic E-state index is 0.785. The van der Waals surface area contributed by atoms with Crippen LogP contribution in [0.2, 0.25) is 5.02 Å². The van der Waals surface area contributed by atoms with Crippen molar-refractivity contribution in [2.45, 2.75) is 13.8 Å². The minimum atomic E-state index is 0.785. The van der Waals surface area contributed by atoms with Crippen molar-refractivity contribution in [2.24, 2.45) is 0 Å². The molecule has 0 bridgehead atoms. The zero-order valence-corrected chi connectivity index (χ0v) is 14.8. The molecule has 4 heteroatoms. The van der Waals surface area contributed by atoms with Gasteiger partial charge in [-0.2, -0.15) is 0 Å². The minimum Gasteiger partial charge on any atom is -0.0836 e. The Morgan fingerprint density at radius 1 is 0.905 bits per heavy atom. The van der Waals surface area contributed by atoms with Gasteiger partial charge in [0.15, 0.2) is 0 Å². The lowest BCUT2D eigenvalue weighted by Gasteiger charge is -2.07. The maximum atomic E-state index is 6.44. The van der Waals surface area contributed by atoms with Crippen LogP contribution in [0.5, 0.6) is 0 Å². The van der Waals surface area contributed by atoms with Gasteiger partial charge in [0, 0.05) is 16.1 Å². The van der Waals surface area contributed by atoms with E-state index in [0.29, 0.717) is 0 Å². The average Bonchev–Trinajstić information content (AvgIpc) is 2.82. The maximum absolute atomic E-state index is 6.44. The highest BCUT2D eigenvalue weighted by atomic mass is 35.5. The van der Waals surface area contributed by atoms with Crippen molar-refractivity contribution in [2.75, 3.05) is 0 Å². The summed E-state index contributed by atoms with van der Waals surface area (Å²) in [5, 5.41) is 0.785. The van der Waals surface area contributed by atoms with E-state index in [-0.39, 0.29) is 0 Å². The molecule has 21 heavy (non-hydrogen) atoms. The number of halogens is 1. The van der Waals surface area contributed by atoms with Crippen LogP contribution in [0.25, 0.3) is 21.6 Å².